The van der Waals surface area contributed by atoms with Crippen molar-refractivity contribution < 1.29 is 33.2 Å². The molecule has 0 amide bonds. The van der Waals surface area contributed by atoms with Crippen molar-refractivity contribution in [3.63, 3.8) is 0 Å². The van der Waals surface area contributed by atoms with Crippen LogP contribution in [0.25, 0.3) is 0 Å². The van der Waals surface area contributed by atoms with Crippen molar-refractivity contribution in [3.05, 3.63) is 137 Å². The monoisotopic (exact) mass is 584 g/mol. The molecule has 43 heavy (non-hydrogen) atoms. The van der Waals surface area contributed by atoms with Gasteiger partial charge in [0.05, 0.1) is 39.1 Å². The number of ether oxygens (including phenoxy) is 5. The Morgan fingerprint density at radius 2 is 1.51 bits per heavy atom. The second-order valence-corrected chi connectivity index (χ2v) is 11.2. The number of hydrogen-bond donors (Lipinski definition) is 1. The van der Waals surface area contributed by atoms with Gasteiger partial charge in [-0.3, -0.25) is 0 Å². The van der Waals surface area contributed by atoms with Gasteiger partial charge in [-0.25, -0.2) is 4.39 Å². The largest absolute Gasteiger partial charge is 0.494 e. The van der Waals surface area contributed by atoms with Crippen molar-refractivity contribution in [2.24, 2.45) is 0 Å². The Kier molecular flexibility index (Phi) is 8.88. The van der Waals surface area contributed by atoms with Crippen LogP contribution >= 0.6 is 0 Å². The van der Waals surface area contributed by atoms with Crippen LogP contribution in [0.3, 0.4) is 0 Å². The van der Waals surface area contributed by atoms with Gasteiger partial charge in [-0.2, -0.15) is 0 Å². The quantitative estimate of drug-likeness (QED) is 0.210. The van der Waals surface area contributed by atoms with Crippen LogP contribution in [0.1, 0.15) is 41.2 Å². The second kappa shape index (κ2) is 13.0. The molecule has 2 aliphatic rings. The number of aliphatic hydroxyl groups excluding tert-OH is 1. The zero-order chi connectivity index (χ0) is 29.7. The minimum atomic E-state index is -1.40. The van der Waals surface area contributed by atoms with E-state index in [-0.39, 0.29) is 19.0 Å². The molecular weight excluding hydrogens is 547 g/mol. The Morgan fingerprint density at radius 1 is 0.837 bits per heavy atom. The first kappa shape index (κ1) is 29.5. The molecule has 2 fully saturated rings. The summed E-state index contributed by atoms with van der Waals surface area (Å²) in [5, 5.41) is 10.5. The van der Waals surface area contributed by atoms with Crippen LogP contribution in [0.5, 0.6) is 5.75 Å². The smallest absolute Gasteiger partial charge is 0.225 e. The van der Waals surface area contributed by atoms with Crippen LogP contribution in [0, 0.1) is 5.82 Å². The van der Waals surface area contributed by atoms with Gasteiger partial charge in [0, 0.05) is 18.4 Å². The molecule has 1 N–H and O–H groups in total. The summed E-state index contributed by atoms with van der Waals surface area (Å²) in [4.78, 5) is 0. The van der Waals surface area contributed by atoms with Crippen molar-refractivity contribution >= 4 is 0 Å². The van der Waals surface area contributed by atoms with Crippen LogP contribution in [0.15, 0.2) is 103 Å². The molecular formula is C36H37FO6. The molecule has 7 heteroatoms. The number of benzene rings is 4. The number of aliphatic hydroxyl groups is 1. The number of rotatable bonds is 12. The van der Waals surface area contributed by atoms with Gasteiger partial charge in [0.25, 0.3) is 0 Å². The highest BCUT2D eigenvalue weighted by Crippen LogP contribution is 2.51. The number of halogens is 1. The fourth-order valence-corrected chi connectivity index (χ4v) is 5.95. The third-order valence-corrected chi connectivity index (χ3v) is 8.15. The highest BCUT2D eigenvalue weighted by molar-refractivity contribution is 5.36. The molecule has 4 unspecified atom stereocenters. The fourth-order valence-electron chi connectivity index (χ4n) is 5.95. The normalized spacial score (nSPS) is 24.6. The molecule has 0 aromatic heterocycles. The number of hydrogen-bond acceptors (Lipinski definition) is 6. The van der Waals surface area contributed by atoms with Gasteiger partial charge in [0.15, 0.2) is 0 Å². The highest BCUT2D eigenvalue weighted by Gasteiger charge is 2.64. The summed E-state index contributed by atoms with van der Waals surface area (Å²) >= 11 is 0. The summed E-state index contributed by atoms with van der Waals surface area (Å²) in [6.45, 7) is 3.10. The summed E-state index contributed by atoms with van der Waals surface area (Å²) in [6, 6.07) is 32.4. The Hall–Kier alpha value is -3.59. The molecule has 2 bridgehead atoms. The standard InChI is InChI=1S/C36H37FO6/c1-2-39-31-16-13-26(14-17-31)19-29-20-30(15-18-32(29)37)36-34(41-23-28-11-7-4-8-12-28)33(21-35(24-38,43-36)25-42-36)40-22-27-9-5-3-6-10-27/h3-18,20,33-34,38H,2,19,21-25H2,1H3. The molecule has 2 heterocycles. The maximum Gasteiger partial charge on any atom is 0.225 e. The van der Waals surface area contributed by atoms with Gasteiger partial charge >= 0.3 is 0 Å². The van der Waals surface area contributed by atoms with E-state index >= 15 is 4.39 Å². The molecule has 224 valence electrons. The van der Waals surface area contributed by atoms with Gasteiger partial charge in [-0.1, -0.05) is 78.9 Å². The molecule has 6 nitrogen and oxygen atoms in total. The molecule has 0 radical (unpaired) electrons. The van der Waals surface area contributed by atoms with E-state index in [1.807, 2.05) is 91.9 Å². The van der Waals surface area contributed by atoms with Crippen LogP contribution in [0.2, 0.25) is 0 Å². The minimum Gasteiger partial charge on any atom is -0.494 e. The van der Waals surface area contributed by atoms with Gasteiger partial charge in [0.1, 0.15) is 23.3 Å². The lowest BCUT2D eigenvalue weighted by Crippen LogP contribution is -2.58. The highest BCUT2D eigenvalue weighted by atomic mass is 19.1. The third kappa shape index (κ3) is 6.37. The predicted octanol–water partition coefficient (Wildman–Crippen LogP) is 6.32. The first-order valence-corrected chi connectivity index (χ1v) is 14.8. The van der Waals surface area contributed by atoms with Gasteiger partial charge < -0.3 is 28.8 Å². The molecule has 4 atom stereocenters. The fraction of sp³-hybridized carbons (Fsp3) is 0.333. The molecule has 0 spiro atoms. The minimum absolute atomic E-state index is 0.158. The SMILES string of the molecule is CCOc1ccc(Cc2cc(C34OCC(CO)(CC(OCc5ccccc5)C3OCc3ccccc3)O4)ccc2F)cc1. The summed E-state index contributed by atoms with van der Waals surface area (Å²) in [5.74, 6) is -0.956. The third-order valence-electron chi connectivity index (χ3n) is 8.15. The van der Waals surface area contributed by atoms with Crippen molar-refractivity contribution in [3.8, 4) is 5.75 Å². The zero-order valence-electron chi connectivity index (χ0n) is 24.3. The van der Waals surface area contributed by atoms with E-state index in [4.69, 9.17) is 23.7 Å². The van der Waals surface area contributed by atoms with E-state index in [1.165, 1.54) is 6.07 Å². The van der Waals surface area contributed by atoms with Gasteiger partial charge in [0.2, 0.25) is 5.79 Å². The van der Waals surface area contributed by atoms with E-state index in [9.17, 15) is 5.11 Å². The Morgan fingerprint density at radius 3 is 2.16 bits per heavy atom. The number of fused-ring (bicyclic) bond motifs is 2. The molecule has 0 saturated carbocycles. The predicted molar refractivity (Wildman–Crippen MR) is 160 cm³/mol. The summed E-state index contributed by atoms with van der Waals surface area (Å²) in [5.41, 5.74) is 3.11. The summed E-state index contributed by atoms with van der Waals surface area (Å²) in [6.07, 6.45) is -0.400. The van der Waals surface area contributed by atoms with Gasteiger partial charge in [-0.15, -0.1) is 0 Å². The molecule has 6 rings (SSSR count). The van der Waals surface area contributed by atoms with Crippen LogP contribution < -0.4 is 4.74 Å². The zero-order valence-corrected chi connectivity index (χ0v) is 24.3. The molecule has 4 aromatic carbocycles. The Bertz CT molecular complexity index is 1480. The molecule has 2 aliphatic heterocycles. The van der Waals surface area contributed by atoms with Crippen molar-refractivity contribution in [1.82, 2.24) is 0 Å². The van der Waals surface area contributed by atoms with E-state index in [1.54, 1.807) is 12.1 Å². The first-order chi connectivity index (χ1) is 21.0. The summed E-state index contributed by atoms with van der Waals surface area (Å²) in [7, 11) is 0. The van der Waals surface area contributed by atoms with Crippen molar-refractivity contribution in [1.29, 1.82) is 0 Å². The van der Waals surface area contributed by atoms with Crippen molar-refractivity contribution in [2.75, 3.05) is 19.8 Å². The lowest BCUT2D eigenvalue weighted by molar-refractivity contribution is -0.321. The maximum absolute atomic E-state index is 15.3. The lowest BCUT2D eigenvalue weighted by atomic mass is 9.85. The molecule has 4 aromatic rings. The van der Waals surface area contributed by atoms with Crippen molar-refractivity contribution in [2.45, 2.75) is 56.6 Å². The molecule has 0 aliphatic carbocycles. The van der Waals surface area contributed by atoms with Crippen LogP contribution in [0.4, 0.5) is 4.39 Å². The average molecular weight is 585 g/mol. The molecule has 2 saturated heterocycles. The van der Waals surface area contributed by atoms with Crippen LogP contribution in [-0.4, -0.2) is 42.7 Å². The van der Waals surface area contributed by atoms with E-state index in [0.717, 1.165) is 22.4 Å². The van der Waals surface area contributed by atoms with E-state index < -0.39 is 23.6 Å². The summed E-state index contributed by atoms with van der Waals surface area (Å²) < 4.78 is 47.1. The van der Waals surface area contributed by atoms with E-state index in [2.05, 4.69) is 0 Å². The topological polar surface area (TPSA) is 66.4 Å². The Labute approximate surface area is 251 Å². The van der Waals surface area contributed by atoms with Gasteiger partial charge in [-0.05, 0) is 53.4 Å². The first-order valence-electron chi connectivity index (χ1n) is 14.8. The Balaban J connectivity index is 1.34. The maximum atomic E-state index is 15.3. The second-order valence-electron chi connectivity index (χ2n) is 11.2. The van der Waals surface area contributed by atoms with E-state index in [0.29, 0.717) is 43.8 Å². The lowest BCUT2D eigenvalue weighted by Gasteiger charge is -2.46. The average Bonchev–Trinajstić information content (AvgIpc) is 3.37. The van der Waals surface area contributed by atoms with Crippen LogP contribution in [-0.2, 0) is 44.4 Å².